The van der Waals surface area contributed by atoms with Crippen LogP contribution in [-0.4, -0.2) is 40.3 Å². The summed E-state index contributed by atoms with van der Waals surface area (Å²) < 4.78 is 5.96. The minimum Gasteiger partial charge on any atom is -0.480 e. The Morgan fingerprint density at radius 3 is 2.23 bits per heavy atom. The van der Waals surface area contributed by atoms with Gasteiger partial charge < -0.3 is 9.84 Å². The molecule has 3 rings (SSSR count). The quantitative estimate of drug-likeness (QED) is 0.872. The van der Waals surface area contributed by atoms with Crippen molar-refractivity contribution in [1.29, 1.82) is 0 Å². The van der Waals surface area contributed by atoms with Crippen LogP contribution in [0.25, 0.3) is 0 Å². The lowest BCUT2D eigenvalue weighted by Gasteiger charge is -2.42. The summed E-state index contributed by atoms with van der Waals surface area (Å²) in [5.74, 6) is -0.666. The van der Waals surface area contributed by atoms with E-state index in [1.165, 1.54) is 4.90 Å². The minimum absolute atomic E-state index is 0.00264. The molecule has 1 heterocycles. The van der Waals surface area contributed by atoms with Crippen LogP contribution in [0.3, 0.4) is 0 Å². The molecule has 0 radical (unpaired) electrons. The molecule has 142 valence electrons. The summed E-state index contributed by atoms with van der Waals surface area (Å²) in [6, 6.07) is 6.60. The van der Waals surface area contributed by atoms with Gasteiger partial charge >= 0.3 is 5.97 Å². The molecular formula is C21H29NO4. The number of carboxylic acids is 1. The van der Waals surface area contributed by atoms with Gasteiger partial charge in [-0.1, -0.05) is 39.8 Å². The molecule has 5 nitrogen and oxygen atoms in total. The SMILES string of the molecule is CC1CCC2(CC1)OC[C@@H](C(=O)O)N2C(=O)c1ccc(C(C)(C)C)cc1. The first-order valence-electron chi connectivity index (χ1n) is 9.45. The molecule has 0 unspecified atom stereocenters. The number of carboxylic acid groups (broad SMARTS) is 1. The lowest BCUT2D eigenvalue weighted by molar-refractivity contribution is -0.143. The first kappa shape index (κ1) is 18.9. The van der Waals surface area contributed by atoms with Crippen LogP contribution in [0.15, 0.2) is 24.3 Å². The molecule has 1 aromatic rings. The molecule has 2 fully saturated rings. The van der Waals surface area contributed by atoms with Crippen molar-refractivity contribution in [3.63, 3.8) is 0 Å². The molecular weight excluding hydrogens is 330 g/mol. The van der Waals surface area contributed by atoms with Gasteiger partial charge in [0.1, 0.15) is 5.72 Å². The Hall–Kier alpha value is -1.88. The van der Waals surface area contributed by atoms with Gasteiger partial charge in [0.15, 0.2) is 6.04 Å². The molecule has 1 spiro atoms. The van der Waals surface area contributed by atoms with Crippen LogP contribution in [0.5, 0.6) is 0 Å². The van der Waals surface area contributed by atoms with Crippen molar-refractivity contribution in [2.75, 3.05) is 6.61 Å². The Morgan fingerprint density at radius 1 is 1.15 bits per heavy atom. The second kappa shape index (κ2) is 6.69. The molecule has 1 saturated carbocycles. The summed E-state index contributed by atoms with van der Waals surface area (Å²) >= 11 is 0. The Morgan fingerprint density at radius 2 is 1.73 bits per heavy atom. The van der Waals surface area contributed by atoms with E-state index in [-0.39, 0.29) is 17.9 Å². The van der Waals surface area contributed by atoms with Gasteiger partial charge in [-0.15, -0.1) is 0 Å². The van der Waals surface area contributed by atoms with Gasteiger partial charge in [-0.25, -0.2) is 4.79 Å². The van der Waals surface area contributed by atoms with Gasteiger partial charge in [-0.3, -0.25) is 9.69 Å². The highest BCUT2D eigenvalue weighted by Crippen LogP contribution is 2.43. The maximum Gasteiger partial charge on any atom is 0.328 e. The number of aliphatic carboxylic acids is 1. The fourth-order valence-electron chi connectivity index (χ4n) is 4.02. The highest BCUT2D eigenvalue weighted by molar-refractivity contribution is 5.97. The zero-order valence-electron chi connectivity index (χ0n) is 16.1. The standard InChI is InChI=1S/C21H29NO4/c1-14-9-11-21(12-10-14)22(17(13-26-21)19(24)25)18(23)15-5-7-16(8-6-15)20(2,3)4/h5-8,14,17H,9-13H2,1-4H3,(H,24,25)/t14?,17-,21?/m0/s1. The van der Waals surface area contributed by atoms with Gasteiger partial charge in [-0.05, 0) is 54.7 Å². The number of ether oxygens (including phenoxy) is 1. The van der Waals surface area contributed by atoms with Crippen molar-refractivity contribution >= 4 is 11.9 Å². The topological polar surface area (TPSA) is 66.8 Å². The Balaban J connectivity index is 1.91. The van der Waals surface area contributed by atoms with E-state index in [1.807, 2.05) is 12.1 Å². The molecule has 1 aromatic carbocycles. The van der Waals surface area contributed by atoms with Crippen LogP contribution >= 0.6 is 0 Å². The van der Waals surface area contributed by atoms with E-state index in [2.05, 4.69) is 27.7 Å². The van der Waals surface area contributed by atoms with Crippen LogP contribution in [0.1, 0.15) is 69.3 Å². The van der Waals surface area contributed by atoms with Crippen LogP contribution in [0, 0.1) is 5.92 Å². The van der Waals surface area contributed by atoms with Crippen LogP contribution < -0.4 is 0 Å². The van der Waals surface area contributed by atoms with Crippen LogP contribution in [-0.2, 0) is 14.9 Å². The van der Waals surface area contributed by atoms with Crippen molar-refractivity contribution in [3.8, 4) is 0 Å². The smallest absolute Gasteiger partial charge is 0.328 e. The summed E-state index contributed by atoms with van der Waals surface area (Å²) in [7, 11) is 0. The van der Waals surface area contributed by atoms with E-state index >= 15 is 0 Å². The number of rotatable bonds is 2. The summed E-state index contributed by atoms with van der Waals surface area (Å²) in [6.45, 7) is 8.62. The number of carbonyl (C=O) groups is 2. The van der Waals surface area contributed by atoms with Gasteiger partial charge in [-0.2, -0.15) is 0 Å². The summed E-state index contributed by atoms with van der Waals surface area (Å²) in [6.07, 6.45) is 3.28. The predicted octanol–water partition coefficient (Wildman–Crippen LogP) is 3.82. The number of hydrogen-bond donors (Lipinski definition) is 1. The second-order valence-corrected chi connectivity index (χ2v) is 8.80. The first-order chi connectivity index (χ1) is 12.1. The van der Waals surface area contributed by atoms with Gasteiger partial charge in [0.25, 0.3) is 5.91 Å². The molecule has 2 aliphatic rings. The van der Waals surface area contributed by atoms with Crippen molar-refractivity contribution in [1.82, 2.24) is 4.90 Å². The van der Waals surface area contributed by atoms with Gasteiger partial charge in [0.2, 0.25) is 0 Å². The maximum atomic E-state index is 13.3. The fraction of sp³-hybridized carbons (Fsp3) is 0.619. The third-order valence-corrected chi connectivity index (χ3v) is 5.82. The molecule has 1 aliphatic heterocycles. The second-order valence-electron chi connectivity index (χ2n) is 8.80. The highest BCUT2D eigenvalue weighted by atomic mass is 16.5. The molecule has 1 N–H and O–H groups in total. The molecule has 1 amide bonds. The average Bonchev–Trinajstić information content (AvgIpc) is 2.96. The fourth-order valence-corrected chi connectivity index (χ4v) is 4.02. The molecule has 0 aromatic heterocycles. The molecule has 1 atom stereocenters. The highest BCUT2D eigenvalue weighted by Gasteiger charge is 2.53. The molecule has 5 heteroatoms. The van der Waals surface area contributed by atoms with Gasteiger partial charge in [0.05, 0.1) is 6.61 Å². The van der Waals surface area contributed by atoms with Crippen LogP contribution in [0.2, 0.25) is 0 Å². The molecule has 26 heavy (non-hydrogen) atoms. The lowest BCUT2D eigenvalue weighted by Crippen LogP contribution is -2.55. The van der Waals surface area contributed by atoms with Crippen molar-refractivity contribution < 1.29 is 19.4 Å². The van der Waals surface area contributed by atoms with Gasteiger partial charge in [0, 0.05) is 5.56 Å². The Kier molecular flexibility index (Phi) is 4.86. The largest absolute Gasteiger partial charge is 0.480 e. The number of nitrogens with zero attached hydrogens (tertiary/aromatic N) is 1. The zero-order chi connectivity index (χ0) is 19.1. The van der Waals surface area contributed by atoms with E-state index in [0.717, 1.165) is 18.4 Å². The number of carbonyl (C=O) groups excluding carboxylic acids is 1. The van der Waals surface area contributed by atoms with E-state index in [4.69, 9.17) is 4.74 Å². The summed E-state index contributed by atoms with van der Waals surface area (Å²) in [5.41, 5.74) is 0.897. The van der Waals surface area contributed by atoms with Crippen molar-refractivity contribution in [3.05, 3.63) is 35.4 Å². The monoisotopic (exact) mass is 359 g/mol. The molecule has 0 bridgehead atoms. The van der Waals surface area contributed by atoms with E-state index in [0.29, 0.717) is 24.3 Å². The van der Waals surface area contributed by atoms with E-state index in [1.54, 1.807) is 12.1 Å². The number of amides is 1. The average molecular weight is 359 g/mol. The lowest BCUT2D eigenvalue weighted by atomic mass is 9.83. The zero-order valence-corrected chi connectivity index (χ0v) is 16.1. The molecule has 1 aliphatic carbocycles. The summed E-state index contributed by atoms with van der Waals surface area (Å²) in [4.78, 5) is 26.5. The van der Waals surface area contributed by atoms with E-state index < -0.39 is 17.7 Å². The number of hydrogen-bond acceptors (Lipinski definition) is 3. The number of benzene rings is 1. The third-order valence-electron chi connectivity index (χ3n) is 5.82. The third kappa shape index (κ3) is 3.37. The van der Waals surface area contributed by atoms with E-state index in [9.17, 15) is 14.7 Å². The Bertz CT molecular complexity index is 681. The molecule has 1 saturated heterocycles. The van der Waals surface area contributed by atoms with Crippen molar-refractivity contribution in [2.24, 2.45) is 5.92 Å². The normalized spacial score (nSPS) is 29.2. The Labute approximate surface area is 155 Å². The maximum absolute atomic E-state index is 13.3. The first-order valence-corrected chi connectivity index (χ1v) is 9.45. The minimum atomic E-state index is -1.000. The van der Waals surface area contributed by atoms with Crippen LogP contribution in [0.4, 0.5) is 0 Å². The predicted molar refractivity (Wildman–Crippen MR) is 99.1 cm³/mol. The summed E-state index contributed by atoms with van der Waals surface area (Å²) in [5, 5.41) is 9.62. The van der Waals surface area contributed by atoms with Crippen molar-refractivity contribution in [2.45, 2.75) is 70.6 Å².